The number of hydrogen-bond donors (Lipinski definition) is 3. The van der Waals surface area contributed by atoms with Gasteiger partial charge in [0.2, 0.25) is 5.91 Å². The third kappa shape index (κ3) is 4.05. The van der Waals surface area contributed by atoms with Crippen LogP contribution < -0.4 is 16.6 Å². The Morgan fingerprint density at radius 3 is 2.40 bits per heavy atom. The Labute approximate surface area is 200 Å². The third-order valence-corrected chi connectivity index (χ3v) is 6.00. The number of nitrogen functional groups attached to an aromatic ring is 1. The Morgan fingerprint density at radius 2 is 1.74 bits per heavy atom. The SMILES string of the molecule is C=CC(=O)Nc1ccc(-n2nc3c(=O)[nH]nc(N)c3c2-c2ccc(C(=O)N3CCCC3)cc2)cc1. The maximum absolute atomic E-state index is 12.8. The minimum atomic E-state index is -0.468. The van der Waals surface area contributed by atoms with Crippen molar-refractivity contribution in [3.05, 3.63) is 77.1 Å². The maximum Gasteiger partial charge on any atom is 0.292 e. The van der Waals surface area contributed by atoms with Crippen LogP contribution in [0.15, 0.2) is 66.0 Å². The molecule has 10 nitrogen and oxygen atoms in total. The molecular weight excluding hydrogens is 446 g/mol. The summed E-state index contributed by atoms with van der Waals surface area (Å²) in [5, 5.41) is 13.9. The van der Waals surface area contributed by atoms with Crippen LogP contribution >= 0.6 is 0 Å². The number of anilines is 2. The molecule has 35 heavy (non-hydrogen) atoms. The van der Waals surface area contributed by atoms with Crippen LogP contribution in [0.4, 0.5) is 11.5 Å². The van der Waals surface area contributed by atoms with Gasteiger partial charge in [0.25, 0.3) is 11.5 Å². The van der Waals surface area contributed by atoms with Gasteiger partial charge in [-0.1, -0.05) is 18.7 Å². The molecule has 3 heterocycles. The fourth-order valence-corrected chi connectivity index (χ4v) is 4.25. The lowest BCUT2D eigenvalue weighted by Gasteiger charge is -2.15. The Balaban J connectivity index is 1.60. The minimum absolute atomic E-state index is 0.00204. The predicted molar refractivity (Wildman–Crippen MR) is 133 cm³/mol. The molecule has 5 rings (SSSR count). The first-order valence-electron chi connectivity index (χ1n) is 11.2. The summed E-state index contributed by atoms with van der Waals surface area (Å²) < 4.78 is 1.61. The van der Waals surface area contributed by atoms with Gasteiger partial charge >= 0.3 is 0 Å². The quantitative estimate of drug-likeness (QED) is 0.384. The first-order chi connectivity index (χ1) is 17.0. The lowest BCUT2D eigenvalue weighted by atomic mass is 10.1. The summed E-state index contributed by atoms with van der Waals surface area (Å²) in [5.74, 6) is -0.188. The summed E-state index contributed by atoms with van der Waals surface area (Å²) in [4.78, 5) is 38.7. The van der Waals surface area contributed by atoms with Gasteiger partial charge in [0.1, 0.15) is 0 Å². The van der Waals surface area contributed by atoms with Crippen molar-refractivity contribution >= 4 is 34.2 Å². The summed E-state index contributed by atoms with van der Waals surface area (Å²) in [6, 6.07) is 14.1. The maximum atomic E-state index is 12.8. The summed E-state index contributed by atoms with van der Waals surface area (Å²) in [6.45, 7) is 4.99. The van der Waals surface area contributed by atoms with Crippen molar-refractivity contribution in [3.63, 3.8) is 0 Å². The highest BCUT2D eigenvalue weighted by molar-refractivity contribution is 6.01. The Morgan fingerprint density at radius 1 is 1.06 bits per heavy atom. The molecule has 2 amide bonds. The van der Waals surface area contributed by atoms with Gasteiger partial charge in [0.05, 0.1) is 16.8 Å². The van der Waals surface area contributed by atoms with Gasteiger partial charge in [0, 0.05) is 29.9 Å². The van der Waals surface area contributed by atoms with Crippen LogP contribution in [0.1, 0.15) is 23.2 Å². The summed E-state index contributed by atoms with van der Waals surface area (Å²) >= 11 is 0. The molecular formula is C25H23N7O3. The number of aromatic amines is 1. The molecule has 176 valence electrons. The normalized spacial score (nSPS) is 13.2. The van der Waals surface area contributed by atoms with Crippen LogP contribution in [0.2, 0.25) is 0 Å². The number of hydrogen-bond acceptors (Lipinski definition) is 6. The fourth-order valence-electron chi connectivity index (χ4n) is 4.25. The number of carbonyl (C=O) groups excluding carboxylic acids is 2. The van der Waals surface area contributed by atoms with E-state index < -0.39 is 5.56 Å². The topological polar surface area (TPSA) is 139 Å². The van der Waals surface area contributed by atoms with Crippen molar-refractivity contribution in [3.8, 4) is 16.9 Å². The van der Waals surface area contributed by atoms with Gasteiger partial charge < -0.3 is 16.0 Å². The highest BCUT2D eigenvalue weighted by Gasteiger charge is 2.22. The monoisotopic (exact) mass is 469 g/mol. The number of benzene rings is 2. The van der Waals surface area contributed by atoms with Crippen LogP contribution in [0.3, 0.4) is 0 Å². The number of fused-ring (bicyclic) bond motifs is 1. The summed E-state index contributed by atoms with van der Waals surface area (Å²) in [6.07, 6.45) is 3.23. The van der Waals surface area contributed by atoms with E-state index in [1.54, 1.807) is 41.1 Å². The van der Waals surface area contributed by atoms with E-state index in [9.17, 15) is 14.4 Å². The molecule has 0 aliphatic carbocycles. The molecule has 1 aliphatic rings. The van der Waals surface area contributed by atoms with Gasteiger partial charge in [-0.3, -0.25) is 14.4 Å². The highest BCUT2D eigenvalue weighted by Crippen LogP contribution is 2.33. The zero-order chi connectivity index (χ0) is 24.5. The van der Waals surface area contributed by atoms with Gasteiger partial charge in [0.15, 0.2) is 11.3 Å². The number of amides is 2. The molecule has 4 N–H and O–H groups in total. The minimum Gasteiger partial charge on any atom is -0.382 e. The number of nitrogens with zero attached hydrogens (tertiary/aromatic N) is 4. The predicted octanol–water partition coefficient (Wildman–Crippen LogP) is 2.72. The Kier molecular flexibility index (Phi) is 5.61. The van der Waals surface area contributed by atoms with Crippen molar-refractivity contribution in [2.45, 2.75) is 12.8 Å². The van der Waals surface area contributed by atoms with Gasteiger partial charge in [-0.2, -0.15) is 10.2 Å². The van der Waals surface area contributed by atoms with Gasteiger partial charge in [-0.15, -0.1) is 0 Å². The van der Waals surface area contributed by atoms with Crippen LogP contribution in [0, 0.1) is 0 Å². The molecule has 1 saturated heterocycles. The van der Waals surface area contributed by atoms with Crippen molar-refractivity contribution in [1.82, 2.24) is 24.9 Å². The van der Waals surface area contributed by atoms with Crippen LogP contribution in [0.5, 0.6) is 0 Å². The number of H-pyrrole nitrogens is 1. The molecule has 10 heteroatoms. The first-order valence-corrected chi connectivity index (χ1v) is 11.2. The van der Waals surface area contributed by atoms with Gasteiger partial charge in [-0.05, 0) is 55.3 Å². The van der Waals surface area contributed by atoms with E-state index in [-0.39, 0.29) is 23.1 Å². The standard InChI is InChI=1S/C25H23N7O3/c1-2-19(33)27-17-9-11-18(12-10-17)32-22(20-21(30-32)24(34)29-28-23(20)26)15-5-7-16(8-6-15)25(35)31-13-3-4-14-31/h2,5-12H,1,3-4,13-14H2,(H2,26,28)(H,27,33)(H,29,34). The van der Waals surface area contributed by atoms with Crippen LogP contribution in [-0.2, 0) is 4.79 Å². The average molecular weight is 470 g/mol. The lowest BCUT2D eigenvalue weighted by molar-refractivity contribution is -0.111. The molecule has 0 bridgehead atoms. The van der Waals surface area contributed by atoms with Crippen molar-refractivity contribution in [2.75, 3.05) is 24.1 Å². The van der Waals surface area contributed by atoms with Crippen molar-refractivity contribution < 1.29 is 9.59 Å². The molecule has 4 aromatic rings. The second kappa shape index (κ2) is 8.90. The lowest BCUT2D eigenvalue weighted by Crippen LogP contribution is -2.27. The first kappa shape index (κ1) is 22.1. The summed E-state index contributed by atoms with van der Waals surface area (Å²) in [7, 11) is 0. The Hall–Kier alpha value is -4.73. The van der Waals surface area contributed by atoms with Crippen molar-refractivity contribution in [1.29, 1.82) is 0 Å². The van der Waals surface area contributed by atoms with E-state index in [0.29, 0.717) is 33.6 Å². The van der Waals surface area contributed by atoms with E-state index in [1.165, 1.54) is 6.08 Å². The number of likely N-dealkylation sites (tertiary alicyclic amines) is 1. The van der Waals surface area contributed by atoms with Crippen LogP contribution in [-0.4, -0.2) is 49.8 Å². The molecule has 2 aromatic carbocycles. The molecule has 2 aromatic heterocycles. The average Bonchev–Trinajstić information content (AvgIpc) is 3.56. The highest BCUT2D eigenvalue weighted by atomic mass is 16.2. The fraction of sp³-hybridized carbons (Fsp3) is 0.160. The number of nitrogens with two attached hydrogens (primary N) is 1. The van der Waals surface area contributed by atoms with E-state index >= 15 is 0 Å². The Bertz CT molecular complexity index is 1500. The van der Waals surface area contributed by atoms with E-state index in [2.05, 4.69) is 27.2 Å². The third-order valence-electron chi connectivity index (χ3n) is 6.00. The smallest absolute Gasteiger partial charge is 0.292 e. The molecule has 0 atom stereocenters. The van der Waals surface area contributed by atoms with Crippen molar-refractivity contribution in [2.24, 2.45) is 0 Å². The summed E-state index contributed by atoms with van der Waals surface area (Å²) in [5.41, 5.74) is 8.94. The zero-order valence-corrected chi connectivity index (χ0v) is 18.8. The largest absolute Gasteiger partial charge is 0.382 e. The molecule has 0 spiro atoms. The number of nitrogens with one attached hydrogen (secondary N) is 2. The number of rotatable bonds is 5. The molecule has 1 fully saturated rings. The van der Waals surface area contributed by atoms with E-state index in [1.807, 2.05) is 17.0 Å². The molecule has 0 radical (unpaired) electrons. The van der Waals surface area contributed by atoms with Gasteiger partial charge in [-0.25, -0.2) is 9.78 Å². The van der Waals surface area contributed by atoms with Crippen LogP contribution in [0.25, 0.3) is 27.8 Å². The molecule has 0 unspecified atom stereocenters. The zero-order valence-electron chi connectivity index (χ0n) is 18.8. The molecule has 0 saturated carbocycles. The van der Waals surface area contributed by atoms with E-state index in [0.717, 1.165) is 25.9 Å². The second-order valence-corrected chi connectivity index (χ2v) is 8.24. The van der Waals surface area contributed by atoms with E-state index in [4.69, 9.17) is 5.73 Å². The molecule has 1 aliphatic heterocycles. The second-order valence-electron chi connectivity index (χ2n) is 8.24. The number of carbonyl (C=O) groups is 2. The number of aromatic nitrogens is 4.